The molecule has 1 unspecified atom stereocenters. The number of allylic oxidation sites excluding steroid dienone is 3. The van der Waals surface area contributed by atoms with Crippen LogP contribution in [0.3, 0.4) is 0 Å². The van der Waals surface area contributed by atoms with E-state index >= 15 is 0 Å². The maximum Gasteiger partial charge on any atom is 0.124 e. The molecule has 3 nitrogen and oxygen atoms in total. The molecule has 0 saturated heterocycles. The molecule has 1 aliphatic heterocycles. The van der Waals surface area contributed by atoms with Crippen LogP contribution in [-0.4, -0.2) is 28.0 Å². The van der Waals surface area contributed by atoms with Crippen molar-refractivity contribution in [2.24, 2.45) is 0 Å². The number of hydrogen-bond donors (Lipinski definition) is 0. The van der Waals surface area contributed by atoms with E-state index < -0.39 is 0 Å². The van der Waals surface area contributed by atoms with Crippen LogP contribution in [0.5, 0.6) is 0 Å². The average Bonchev–Trinajstić information content (AvgIpc) is 2.91. The molecular formula is C24H31N3. The zero-order chi connectivity index (χ0) is 18.6. The molecule has 2 aromatic rings. The van der Waals surface area contributed by atoms with E-state index in [1.807, 2.05) is 0 Å². The molecular weight excluding hydrogens is 330 g/mol. The Morgan fingerprint density at radius 1 is 1.22 bits per heavy atom. The number of imidazole rings is 1. The Morgan fingerprint density at radius 3 is 2.89 bits per heavy atom. The molecule has 0 amide bonds. The Balaban J connectivity index is 1.44. The molecule has 3 heteroatoms. The summed E-state index contributed by atoms with van der Waals surface area (Å²) < 4.78 is 2.48. The Kier molecular flexibility index (Phi) is 5.58. The molecule has 27 heavy (non-hydrogen) atoms. The van der Waals surface area contributed by atoms with Gasteiger partial charge in [-0.1, -0.05) is 49.4 Å². The molecule has 0 radical (unpaired) electrons. The van der Waals surface area contributed by atoms with Gasteiger partial charge in [0, 0.05) is 6.54 Å². The molecule has 0 N–H and O–H groups in total. The van der Waals surface area contributed by atoms with Gasteiger partial charge < -0.3 is 4.57 Å². The van der Waals surface area contributed by atoms with Crippen molar-refractivity contribution < 1.29 is 0 Å². The summed E-state index contributed by atoms with van der Waals surface area (Å²) in [6, 6.07) is 11.0. The molecule has 2 aliphatic rings. The van der Waals surface area contributed by atoms with Crippen molar-refractivity contribution >= 4 is 11.6 Å². The third-order valence-electron chi connectivity index (χ3n) is 6.02. The Morgan fingerprint density at radius 2 is 2.07 bits per heavy atom. The first kappa shape index (κ1) is 18.2. The number of nitrogens with zero attached hydrogens (tertiary/aromatic N) is 3. The van der Waals surface area contributed by atoms with Crippen molar-refractivity contribution in [2.75, 3.05) is 13.6 Å². The second kappa shape index (κ2) is 8.26. The Hall–Kier alpha value is -2.13. The summed E-state index contributed by atoms with van der Waals surface area (Å²) in [5.41, 5.74) is 5.53. The van der Waals surface area contributed by atoms with Crippen LogP contribution >= 0.6 is 0 Å². The maximum atomic E-state index is 5.01. The topological polar surface area (TPSA) is 21.1 Å². The predicted molar refractivity (Wildman–Crippen MR) is 114 cm³/mol. The van der Waals surface area contributed by atoms with E-state index in [2.05, 4.69) is 72.0 Å². The van der Waals surface area contributed by atoms with Gasteiger partial charge in [0.15, 0.2) is 0 Å². The lowest BCUT2D eigenvalue weighted by Crippen LogP contribution is -2.24. The minimum absolute atomic E-state index is 0.640. The minimum Gasteiger partial charge on any atom is -0.327 e. The summed E-state index contributed by atoms with van der Waals surface area (Å²) in [6.45, 7) is 5.44. The van der Waals surface area contributed by atoms with Crippen LogP contribution in [0, 0.1) is 0 Å². The van der Waals surface area contributed by atoms with Crippen molar-refractivity contribution in [3.8, 4) is 0 Å². The SMILES string of the molecule is CCC(CCN(C)Cc1nc2c3n1CCCC3=CCC=C2)c1ccccc1. The predicted octanol–water partition coefficient (Wildman–Crippen LogP) is 5.49. The third-order valence-corrected chi connectivity index (χ3v) is 6.02. The van der Waals surface area contributed by atoms with Gasteiger partial charge >= 0.3 is 0 Å². The molecule has 142 valence electrons. The van der Waals surface area contributed by atoms with Gasteiger partial charge in [-0.25, -0.2) is 4.98 Å². The molecule has 0 saturated carbocycles. The lowest BCUT2D eigenvalue weighted by molar-refractivity contribution is 0.296. The van der Waals surface area contributed by atoms with Gasteiger partial charge in [0.2, 0.25) is 0 Å². The number of hydrogen-bond acceptors (Lipinski definition) is 2. The number of rotatable bonds is 7. The highest BCUT2D eigenvalue weighted by molar-refractivity contribution is 5.73. The van der Waals surface area contributed by atoms with Gasteiger partial charge in [-0.05, 0) is 68.8 Å². The van der Waals surface area contributed by atoms with Crippen molar-refractivity contribution in [1.29, 1.82) is 0 Å². The van der Waals surface area contributed by atoms with E-state index in [1.165, 1.54) is 54.0 Å². The van der Waals surface area contributed by atoms with E-state index in [4.69, 9.17) is 4.98 Å². The largest absolute Gasteiger partial charge is 0.327 e. The first-order valence-corrected chi connectivity index (χ1v) is 10.4. The molecule has 2 heterocycles. The lowest BCUT2D eigenvalue weighted by atomic mass is 9.93. The second-order valence-corrected chi connectivity index (χ2v) is 7.93. The van der Waals surface area contributed by atoms with Crippen LogP contribution < -0.4 is 0 Å². The monoisotopic (exact) mass is 361 g/mol. The van der Waals surface area contributed by atoms with Crippen LogP contribution in [0.1, 0.15) is 67.7 Å². The van der Waals surface area contributed by atoms with Gasteiger partial charge in [-0.3, -0.25) is 4.90 Å². The lowest BCUT2D eigenvalue weighted by Gasteiger charge is -2.23. The highest BCUT2D eigenvalue weighted by Crippen LogP contribution is 2.33. The van der Waals surface area contributed by atoms with E-state index in [9.17, 15) is 0 Å². The highest BCUT2D eigenvalue weighted by atomic mass is 15.2. The van der Waals surface area contributed by atoms with Crippen molar-refractivity contribution in [1.82, 2.24) is 14.5 Å². The fraction of sp³-hybridized carbons (Fsp3) is 0.458. The first-order chi connectivity index (χ1) is 13.3. The zero-order valence-electron chi connectivity index (χ0n) is 16.7. The van der Waals surface area contributed by atoms with E-state index in [0.717, 1.165) is 26.1 Å². The van der Waals surface area contributed by atoms with Gasteiger partial charge in [0.25, 0.3) is 0 Å². The molecule has 4 rings (SSSR count). The van der Waals surface area contributed by atoms with Crippen LogP contribution in [0.25, 0.3) is 11.6 Å². The normalized spacial score (nSPS) is 16.8. The fourth-order valence-corrected chi connectivity index (χ4v) is 4.50. The second-order valence-electron chi connectivity index (χ2n) is 7.93. The zero-order valence-corrected chi connectivity index (χ0v) is 16.7. The number of aromatic nitrogens is 2. The molecule has 0 bridgehead atoms. The molecule has 1 atom stereocenters. The molecule has 0 spiro atoms. The van der Waals surface area contributed by atoms with Gasteiger partial charge in [0.05, 0.1) is 17.9 Å². The highest BCUT2D eigenvalue weighted by Gasteiger charge is 2.23. The Bertz CT molecular complexity index is 829. The summed E-state index contributed by atoms with van der Waals surface area (Å²) in [4.78, 5) is 7.45. The van der Waals surface area contributed by atoms with Gasteiger partial charge in [-0.2, -0.15) is 0 Å². The Labute approximate surface area is 163 Å². The smallest absolute Gasteiger partial charge is 0.124 e. The quantitative estimate of drug-likeness (QED) is 0.650. The van der Waals surface area contributed by atoms with Crippen molar-refractivity contribution in [3.05, 3.63) is 65.3 Å². The van der Waals surface area contributed by atoms with E-state index in [-0.39, 0.29) is 0 Å². The van der Waals surface area contributed by atoms with Crippen molar-refractivity contribution in [3.63, 3.8) is 0 Å². The standard InChI is InChI=1S/C24H31N3/c1-3-19(20-10-5-4-6-11-20)15-17-26(2)18-23-25-22-14-8-7-12-21-13-9-16-27(23)24(21)22/h4-6,8,10-12,14,19H,3,7,9,13,15-18H2,1-2H3. The summed E-state index contributed by atoms with van der Waals surface area (Å²) in [6.07, 6.45) is 12.7. The van der Waals surface area contributed by atoms with Crippen LogP contribution in [0.2, 0.25) is 0 Å². The van der Waals surface area contributed by atoms with Crippen molar-refractivity contribution in [2.45, 2.75) is 58.0 Å². The summed E-state index contributed by atoms with van der Waals surface area (Å²) in [5, 5.41) is 0. The summed E-state index contributed by atoms with van der Waals surface area (Å²) in [5.74, 6) is 1.87. The average molecular weight is 362 g/mol. The third kappa shape index (κ3) is 3.93. The van der Waals surface area contributed by atoms with E-state index in [1.54, 1.807) is 0 Å². The van der Waals surface area contributed by atoms with Crippen LogP contribution in [0.4, 0.5) is 0 Å². The molecule has 1 aliphatic carbocycles. The maximum absolute atomic E-state index is 5.01. The first-order valence-electron chi connectivity index (χ1n) is 10.4. The summed E-state index contributed by atoms with van der Waals surface area (Å²) in [7, 11) is 2.24. The van der Waals surface area contributed by atoms with E-state index in [0.29, 0.717) is 5.92 Å². The minimum atomic E-state index is 0.640. The van der Waals surface area contributed by atoms with Crippen LogP contribution in [-0.2, 0) is 13.1 Å². The van der Waals surface area contributed by atoms with Gasteiger partial charge in [-0.15, -0.1) is 0 Å². The number of benzene rings is 1. The molecule has 1 aromatic heterocycles. The summed E-state index contributed by atoms with van der Waals surface area (Å²) >= 11 is 0. The van der Waals surface area contributed by atoms with Gasteiger partial charge in [0.1, 0.15) is 5.82 Å². The fourth-order valence-electron chi connectivity index (χ4n) is 4.50. The molecule has 0 fully saturated rings. The molecule has 1 aromatic carbocycles. The van der Waals surface area contributed by atoms with Crippen LogP contribution in [0.15, 0.2) is 42.5 Å².